The van der Waals surface area contributed by atoms with Crippen LogP contribution >= 0.6 is 22.6 Å². The number of sulfone groups is 1. The second-order valence-electron chi connectivity index (χ2n) is 3.94. The number of hydrogen-bond acceptors (Lipinski definition) is 2. The van der Waals surface area contributed by atoms with Gasteiger partial charge in [-0.1, -0.05) is 42.3 Å². The molecule has 96 valence electrons. The van der Waals surface area contributed by atoms with E-state index < -0.39 is 9.84 Å². The lowest BCUT2D eigenvalue weighted by Gasteiger charge is -2.01. The van der Waals surface area contributed by atoms with Gasteiger partial charge in [-0.2, -0.15) is 0 Å². The maximum absolute atomic E-state index is 11.9. The Morgan fingerprint density at radius 1 is 0.947 bits per heavy atom. The Hall–Kier alpha value is -1.32. The second kappa shape index (κ2) is 6.22. The number of benzene rings is 2. The largest absolute Gasteiger partial charge is 0.221 e. The van der Waals surface area contributed by atoms with Gasteiger partial charge < -0.3 is 0 Å². The molecule has 2 rings (SSSR count). The first-order chi connectivity index (χ1) is 9.07. The van der Waals surface area contributed by atoms with Crippen molar-refractivity contribution in [2.75, 3.05) is 0 Å². The first-order valence-electron chi connectivity index (χ1n) is 5.61. The summed E-state index contributed by atoms with van der Waals surface area (Å²) in [5.41, 5.74) is 1.49. The van der Waals surface area contributed by atoms with Crippen LogP contribution in [-0.4, -0.2) is 8.42 Å². The van der Waals surface area contributed by atoms with E-state index in [-0.39, 0.29) is 5.75 Å². The zero-order valence-electron chi connectivity index (χ0n) is 10.0. The monoisotopic (exact) mass is 382 g/mol. The van der Waals surface area contributed by atoms with Gasteiger partial charge in [0.1, 0.15) is 0 Å². The van der Waals surface area contributed by atoms with Crippen molar-refractivity contribution in [3.8, 4) is 11.2 Å². The van der Waals surface area contributed by atoms with Gasteiger partial charge in [0.25, 0.3) is 0 Å². The molecular formula is C15H11IO2S. The molecule has 0 fully saturated rings. The third kappa shape index (κ3) is 4.37. The van der Waals surface area contributed by atoms with E-state index in [2.05, 4.69) is 33.8 Å². The topological polar surface area (TPSA) is 34.1 Å². The lowest BCUT2D eigenvalue weighted by Crippen LogP contribution is -2.02. The molecule has 2 nitrogen and oxygen atoms in total. The first kappa shape index (κ1) is 14.1. The van der Waals surface area contributed by atoms with Crippen LogP contribution in [0.15, 0.2) is 54.6 Å². The average molecular weight is 382 g/mol. The van der Waals surface area contributed by atoms with Gasteiger partial charge in [-0.15, -0.1) is 0 Å². The van der Waals surface area contributed by atoms with Crippen molar-refractivity contribution in [1.82, 2.24) is 0 Å². The quantitative estimate of drug-likeness (QED) is 0.591. The molecule has 4 heteroatoms. The molecule has 0 radical (unpaired) electrons. The summed E-state index contributed by atoms with van der Waals surface area (Å²) in [7, 11) is -3.42. The minimum atomic E-state index is -3.42. The maximum atomic E-state index is 11.9. The van der Waals surface area contributed by atoms with Crippen molar-refractivity contribution in [3.63, 3.8) is 0 Å². The van der Waals surface area contributed by atoms with Crippen LogP contribution in [0.2, 0.25) is 0 Å². The number of hydrogen-bond donors (Lipinski definition) is 0. The smallest absolute Gasteiger partial charge is 0.215 e. The van der Waals surface area contributed by atoms with Crippen LogP contribution in [0.1, 0.15) is 11.1 Å². The summed E-state index contributed by atoms with van der Waals surface area (Å²) in [5.74, 6) is 2.63. The molecule has 0 N–H and O–H groups in total. The molecule has 0 bridgehead atoms. The van der Waals surface area contributed by atoms with Crippen molar-refractivity contribution >= 4 is 32.4 Å². The summed E-state index contributed by atoms with van der Waals surface area (Å²) >= 11 is 2.13. The van der Waals surface area contributed by atoms with E-state index in [0.29, 0.717) is 5.56 Å². The zero-order valence-corrected chi connectivity index (χ0v) is 13.0. The lowest BCUT2D eigenvalue weighted by molar-refractivity contribution is 0.605. The molecule has 2 aromatic carbocycles. The molecule has 0 saturated heterocycles. The van der Waals surface area contributed by atoms with Crippen molar-refractivity contribution in [1.29, 1.82) is 0 Å². The Morgan fingerprint density at radius 2 is 1.58 bits per heavy atom. The highest BCUT2D eigenvalue weighted by Crippen LogP contribution is 2.14. The van der Waals surface area contributed by atoms with Gasteiger partial charge in [0.2, 0.25) is 9.84 Å². The average Bonchev–Trinajstić information content (AvgIpc) is 2.40. The van der Waals surface area contributed by atoms with E-state index in [1.807, 2.05) is 42.5 Å². The van der Waals surface area contributed by atoms with E-state index in [0.717, 1.165) is 9.13 Å². The van der Waals surface area contributed by atoms with Crippen LogP contribution in [0.3, 0.4) is 0 Å². The zero-order chi connectivity index (χ0) is 13.7. The SMILES string of the molecule is O=S(=O)(C#Cc1ccccc1)Cc1ccccc1I. The maximum Gasteiger partial charge on any atom is 0.221 e. The van der Waals surface area contributed by atoms with E-state index >= 15 is 0 Å². The Labute approximate surface area is 126 Å². The molecule has 0 spiro atoms. The molecule has 0 aromatic heterocycles. The third-order valence-corrected chi connectivity index (χ3v) is 4.58. The van der Waals surface area contributed by atoms with Crippen molar-refractivity contribution in [3.05, 3.63) is 69.3 Å². The summed E-state index contributed by atoms with van der Waals surface area (Å²) in [6, 6.07) is 16.5. The summed E-state index contributed by atoms with van der Waals surface area (Å²) in [6.07, 6.45) is 0. The van der Waals surface area contributed by atoms with Gasteiger partial charge in [-0.05, 0) is 46.4 Å². The van der Waals surface area contributed by atoms with Gasteiger partial charge in [0.05, 0.1) is 5.75 Å². The van der Waals surface area contributed by atoms with Crippen LogP contribution < -0.4 is 0 Å². The summed E-state index contributed by atoms with van der Waals surface area (Å²) in [4.78, 5) is 0. The predicted molar refractivity (Wildman–Crippen MR) is 85.1 cm³/mol. The fourth-order valence-electron chi connectivity index (χ4n) is 1.51. The molecule has 2 aromatic rings. The highest BCUT2D eigenvalue weighted by molar-refractivity contribution is 14.1. The van der Waals surface area contributed by atoms with Crippen LogP contribution in [0.5, 0.6) is 0 Å². The van der Waals surface area contributed by atoms with E-state index in [1.54, 1.807) is 12.1 Å². The highest BCUT2D eigenvalue weighted by atomic mass is 127. The van der Waals surface area contributed by atoms with Gasteiger partial charge in [0.15, 0.2) is 0 Å². The minimum absolute atomic E-state index is 0.0497. The molecule has 0 aliphatic rings. The van der Waals surface area contributed by atoms with E-state index in [4.69, 9.17) is 0 Å². The standard InChI is InChI=1S/C15H11IO2S/c16-15-9-5-4-8-14(15)12-19(17,18)11-10-13-6-2-1-3-7-13/h1-9H,12H2. The second-order valence-corrected chi connectivity index (χ2v) is 6.83. The lowest BCUT2D eigenvalue weighted by atomic mass is 10.2. The Bertz CT molecular complexity index is 725. The predicted octanol–water partition coefficient (Wildman–Crippen LogP) is 3.22. The normalized spacial score (nSPS) is 10.6. The van der Waals surface area contributed by atoms with Crippen molar-refractivity contribution in [2.24, 2.45) is 0 Å². The molecule has 0 unspecified atom stereocenters. The summed E-state index contributed by atoms with van der Waals surface area (Å²) in [5, 5.41) is 2.37. The Kier molecular flexibility index (Phi) is 4.61. The van der Waals surface area contributed by atoms with Crippen LogP contribution in [-0.2, 0) is 15.6 Å². The third-order valence-electron chi connectivity index (χ3n) is 2.43. The van der Waals surface area contributed by atoms with Gasteiger partial charge in [-0.3, -0.25) is 0 Å². The first-order valence-corrected chi connectivity index (χ1v) is 8.34. The molecule has 0 saturated carbocycles. The fraction of sp³-hybridized carbons (Fsp3) is 0.0667. The van der Waals surface area contributed by atoms with Crippen LogP contribution in [0.4, 0.5) is 0 Å². The van der Waals surface area contributed by atoms with Crippen LogP contribution in [0, 0.1) is 14.7 Å². The fourth-order valence-corrected chi connectivity index (χ4v) is 3.36. The highest BCUT2D eigenvalue weighted by Gasteiger charge is 2.10. The van der Waals surface area contributed by atoms with E-state index in [1.165, 1.54) is 0 Å². The summed E-state index contributed by atoms with van der Waals surface area (Å²) < 4.78 is 24.8. The minimum Gasteiger partial charge on any atom is -0.215 e. The van der Waals surface area contributed by atoms with Crippen molar-refractivity contribution < 1.29 is 8.42 Å². The molecule has 0 atom stereocenters. The number of rotatable bonds is 2. The van der Waals surface area contributed by atoms with Gasteiger partial charge in [0, 0.05) is 14.4 Å². The molecule has 0 aliphatic heterocycles. The Balaban J connectivity index is 2.21. The van der Waals surface area contributed by atoms with E-state index in [9.17, 15) is 8.42 Å². The van der Waals surface area contributed by atoms with Crippen LogP contribution in [0.25, 0.3) is 0 Å². The molecule has 19 heavy (non-hydrogen) atoms. The molecule has 0 amide bonds. The molecule has 0 aliphatic carbocycles. The van der Waals surface area contributed by atoms with Gasteiger partial charge in [-0.25, -0.2) is 8.42 Å². The Morgan fingerprint density at radius 3 is 2.26 bits per heavy atom. The number of halogens is 1. The molecule has 0 heterocycles. The van der Waals surface area contributed by atoms with Gasteiger partial charge >= 0.3 is 0 Å². The summed E-state index contributed by atoms with van der Waals surface area (Å²) in [6.45, 7) is 0. The van der Waals surface area contributed by atoms with Crippen molar-refractivity contribution in [2.45, 2.75) is 5.75 Å². The molecular weight excluding hydrogens is 371 g/mol.